The van der Waals surface area contributed by atoms with Crippen molar-refractivity contribution in [1.82, 2.24) is 0 Å². The molecule has 0 aliphatic rings. The van der Waals surface area contributed by atoms with Crippen LogP contribution in [-0.4, -0.2) is 81.3 Å². The summed E-state index contributed by atoms with van der Waals surface area (Å²) in [6.45, 7) is 0. The van der Waals surface area contributed by atoms with Crippen LogP contribution in [0, 0.1) is 0 Å². The quantitative estimate of drug-likeness (QED) is 0.484. The van der Waals surface area contributed by atoms with Crippen LogP contribution in [0.3, 0.4) is 0 Å². The number of nitrogens with two attached hydrogens (primary N) is 1. The minimum absolute atomic E-state index is 0. The Labute approximate surface area is 130 Å². The maximum Gasteiger partial charge on any atom is 0.336 e. The molecular formula is C8H7NNa2O4. The van der Waals surface area contributed by atoms with Crippen molar-refractivity contribution in [3.8, 4) is 0 Å². The van der Waals surface area contributed by atoms with Crippen molar-refractivity contribution < 1.29 is 19.8 Å². The van der Waals surface area contributed by atoms with Gasteiger partial charge in [-0.2, -0.15) is 0 Å². The number of benzene rings is 1. The van der Waals surface area contributed by atoms with Gasteiger partial charge in [0.1, 0.15) is 0 Å². The zero-order chi connectivity index (χ0) is 10.0. The maximum absolute atomic E-state index is 10.6. The van der Waals surface area contributed by atoms with Gasteiger partial charge < -0.3 is 15.9 Å². The van der Waals surface area contributed by atoms with E-state index in [0.717, 1.165) is 6.07 Å². The summed E-state index contributed by atoms with van der Waals surface area (Å²) < 4.78 is 0. The van der Waals surface area contributed by atoms with Gasteiger partial charge in [0, 0.05) is 64.8 Å². The fourth-order valence-corrected chi connectivity index (χ4v) is 0.925. The predicted molar refractivity (Wildman–Crippen MR) is 56.3 cm³/mol. The number of hydrogen-bond acceptors (Lipinski definition) is 3. The van der Waals surface area contributed by atoms with Gasteiger partial charge in [-0.1, -0.05) is 0 Å². The summed E-state index contributed by atoms with van der Waals surface area (Å²) in [7, 11) is 0. The Morgan fingerprint density at radius 1 is 1.00 bits per heavy atom. The number of carboxylic acids is 2. The summed E-state index contributed by atoms with van der Waals surface area (Å²) in [5, 5.41) is 17.2. The first-order chi connectivity index (χ1) is 6.02. The molecule has 0 amide bonds. The minimum atomic E-state index is -1.30. The number of carbonyl (C=O) groups is 2. The first-order valence-corrected chi connectivity index (χ1v) is 3.38. The van der Waals surface area contributed by atoms with Crippen LogP contribution in [0.15, 0.2) is 18.2 Å². The van der Waals surface area contributed by atoms with E-state index in [2.05, 4.69) is 0 Å². The number of carboxylic acid groups (broad SMARTS) is 2. The van der Waals surface area contributed by atoms with E-state index < -0.39 is 11.9 Å². The molecule has 0 heterocycles. The van der Waals surface area contributed by atoms with E-state index in [1.807, 2.05) is 0 Å². The molecule has 1 rings (SSSR count). The molecule has 0 aliphatic heterocycles. The van der Waals surface area contributed by atoms with Crippen LogP contribution in [0.1, 0.15) is 20.7 Å². The Hall–Kier alpha value is -0.0400. The van der Waals surface area contributed by atoms with Gasteiger partial charge in [0.25, 0.3) is 0 Å². The number of aromatic carboxylic acids is 2. The van der Waals surface area contributed by atoms with Crippen molar-refractivity contribution in [1.29, 1.82) is 0 Å². The fourth-order valence-electron chi connectivity index (χ4n) is 0.925. The molecule has 0 saturated carbocycles. The summed E-state index contributed by atoms with van der Waals surface area (Å²) in [4.78, 5) is 21.1. The monoisotopic (exact) mass is 227 g/mol. The van der Waals surface area contributed by atoms with Crippen LogP contribution >= 0.6 is 0 Å². The van der Waals surface area contributed by atoms with E-state index in [4.69, 9.17) is 15.9 Å². The second-order valence-corrected chi connectivity index (χ2v) is 2.42. The number of rotatable bonds is 2. The van der Waals surface area contributed by atoms with Crippen LogP contribution in [0.25, 0.3) is 0 Å². The molecule has 0 saturated heterocycles. The standard InChI is InChI=1S/C8H7NO4.2Na/c9-4-1-2-5(7(10)11)6(3-4)8(12)13;;/h1-3H,9H2,(H,10,11)(H,12,13);;. The van der Waals surface area contributed by atoms with E-state index in [1.54, 1.807) is 0 Å². The molecular weight excluding hydrogens is 220 g/mol. The van der Waals surface area contributed by atoms with Gasteiger partial charge in [0.05, 0.1) is 11.1 Å². The average molecular weight is 227 g/mol. The Balaban J connectivity index is 0. The Bertz CT molecular complexity index is 381. The normalized spacial score (nSPS) is 8.27. The SMILES string of the molecule is Nc1ccc(C(=O)O)c(C(=O)O)c1.[Na].[Na]. The average Bonchev–Trinajstić information content (AvgIpc) is 2.03. The molecule has 1 aromatic rings. The molecule has 0 unspecified atom stereocenters. The first-order valence-electron chi connectivity index (χ1n) is 3.38. The Morgan fingerprint density at radius 2 is 1.47 bits per heavy atom. The summed E-state index contributed by atoms with van der Waals surface area (Å²) in [5.41, 5.74) is 4.97. The van der Waals surface area contributed by atoms with Gasteiger partial charge in [-0.15, -0.1) is 0 Å². The Kier molecular flexibility index (Phi) is 8.41. The zero-order valence-corrected chi connectivity index (χ0v) is 12.5. The van der Waals surface area contributed by atoms with Crippen molar-refractivity contribution in [3.05, 3.63) is 29.3 Å². The maximum atomic E-state index is 10.6. The van der Waals surface area contributed by atoms with Crippen molar-refractivity contribution in [2.75, 3.05) is 5.73 Å². The molecule has 0 aromatic heterocycles. The van der Waals surface area contributed by atoms with Gasteiger partial charge >= 0.3 is 11.9 Å². The smallest absolute Gasteiger partial charge is 0.336 e. The van der Waals surface area contributed by atoms with Crippen LogP contribution in [0.5, 0.6) is 0 Å². The summed E-state index contributed by atoms with van der Waals surface area (Å²) in [5.74, 6) is -2.58. The van der Waals surface area contributed by atoms with Crippen molar-refractivity contribution in [2.24, 2.45) is 0 Å². The van der Waals surface area contributed by atoms with Crippen LogP contribution in [0.4, 0.5) is 5.69 Å². The van der Waals surface area contributed by atoms with E-state index in [1.165, 1.54) is 12.1 Å². The molecule has 70 valence electrons. The molecule has 0 spiro atoms. The van der Waals surface area contributed by atoms with Gasteiger partial charge in [-0.3, -0.25) is 0 Å². The van der Waals surface area contributed by atoms with Crippen molar-refractivity contribution in [3.63, 3.8) is 0 Å². The van der Waals surface area contributed by atoms with E-state index in [0.29, 0.717) is 0 Å². The third kappa shape index (κ3) is 4.55. The summed E-state index contributed by atoms with van der Waals surface area (Å²) in [6, 6.07) is 3.63. The van der Waals surface area contributed by atoms with Crippen LogP contribution in [-0.2, 0) is 0 Å². The van der Waals surface area contributed by atoms with E-state index in [9.17, 15) is 9.59 Å². The van der Waals surface area contributed by atoms with Crippen LogP contribution < -0.4 is 5.73 Å². The molecule has 0 bridgehead atoms. The van der Waals surface area contributed by atoms with Crippen LogP contribution in [0.2, 0.25) is 0 Å². The molecule has 15 heavy (non-hydrogen) atoms. The zero-order valence-electron chi connectivity index (χ0n) is 8.52. The number of nitrogen functional groups attached to an aromatic ring is 1. The van der Waals surface area contributed by atoms with Crippen molar-refractivity contribution in [2.45, 2.75) is 0 Å². The predicted octanol–water partition coefficient (Wildman–Crippen LogP) is -0.0964. The molecule has 4 N–H and O–H groups in total. The third-order valence-corrected chi connectivity index (χ3v) is 1.50. The largest absolute Gasteiger partial charge is 0.478 e. The second-order valence-electron chi connectivity index (χ2n) is 2.42. The van der Waals surface area contributed by atoms with E-state index in [-0.39, 0.29) is 75.9 Å². The Morgan fingerprint density at radius 3 is 1.87 bits per heavy atom. The third-order valence-electron chi connectivity index (χ3n) is 1.50. The molecule has 2 radical (unpaired) electrons. The molecule has 1 aromatic carbocycles. The van der Waals surface area contributed by atoms with Gasteiger partial charge in [-0.05, 0) is 18.2 Å². The molecule has 5 nitrogen and oxygen atoms in total. The van der Waals surface area contributed by atoms with Gasteiger partial charge in [0.15, 0.2) is 0 Å². The second kappa shape index (κ2) is 7.27. The number of anilines is 1. The van der Waals surface area contributed by atoms with E-state index >= 15 is 0 Å². The first kappa shape index (κ1) is 17.4. The molecule has 0 fully saturated rings. The van der Waals surface area contributed by atoms with Gasteiger partial charge in [0.2, 0.25) is 0 Å². The van der Waals surface area contributed by atoms with Crippen molar-refractivity contribution >= 4 is 76.7 Å². The van der Waals surface area contributed by atoms with Gasteiger partial charge in [-0.25, -0.2) is 9.59 Å². The summed E-state index contributed by atoms with van der Waals surface area (Å²) in [6.07, 6.45) is 0. The topological polar surface area (TPSA) is 101 Å². The fraction of sp³-hybridized carbons (Fsp3) is 0. The minimum Gasteiger partial charge on any atom is -0.478 e. The number of hydrogen-bond donors (Lipinski definition) is 3. The molecule has 0 aliphatic carbocycles. The molecule has 0 atom stereocenters. The molecule has 7 heteroatoms. The summed E-state index contributed by atoms with van der Waals surface area (Å²) >= 11 is 0.